The molecular weight excluding hydrogens is 532 g/mol. The van der Waals surface area contributed by atoms with Crippen molar-refractivity contribution in [3.8, 4) is 0 Å². The highest BCUT2D eigenvalue weighted by molar-refractivity contribution is 5.69. The van der Waals surface area contributed by atoms with E-state index in [1.54, 1.807) is 36.5 Å². The zero-order valence-corrected chi connectivity index (χ0v) is 26.6. The number of aliphatic hydroxyl groups excluding tert-OH is 3. The fourth-order valence-corrected chi connectivity index (χ4v) is 4.11. The maximum absolute atomic E-state index is 11.9. The van der Waals surface area contributed by atoms with Gasteiger partial charge in [0.05, 0.1) is 12.2 Å². The third kappa shape index (κ3) is 29.3. The molecule has 0 aromatic rings. The summed E-state index contributed by atoms with van der Waals surface area (Å²) in [5, 5.41) is 29.9. The number of aliphatic hydroxyl groups is 3. The molecule has 0 unspecified atom stereocenters. The van der Waals surface area contributed by atoms with Crippen LogP contribution >= 0.6 is 0 Å². The highest BCUT2D eigenvalue weighted by Crippen LogP contribution is 2.12. The topological polar surface area (TPSA) is 113 Å². The van der Waals surface area contributed by atoms with E-state index in [9.17, 15) is 24.9 Å². The van der Waals surface area contributed by atoms with Gasteiger partial charge in [0, 0.05) is 12.8 Å². The fraction of sp³-hybridized carbons (Fsp3) is 0.714. The number of hydrogen-bond donors (Lipinski definition) is 3. The second kappa shape index (κ2) is 28.9. The first-order chi connectivity index (χ1) is 20.2. The quantitative estimate of drug-likeness (QED) is 0.0397. The van der Waals surface area contributed by atoms with Crippen molar-refractivity contribution >= 4 is 11.9 Å². The van der Waals surface area contributed by atoms with Gasteiger partial charge in [0.1, 0.15) is 19.3 Å². The van der Waals surface area contributed by atoms with Crippen LogP contribution in [0.2, 0.25) is 0 Å². The Hall–Kier alpha value is -2.22. The summed E-state index contributed by atoms with van der Waals surface area (Å²) in [6.07, 6.45) is 26.7. The first-order valence-electron chi connectivity index (χ1n) is 16.3. The summed E-state index contributed by atoms with van der Waals surface area (Å²) in [6.45, 7) is 6.24. The van der Waals surface area contributed by atoms with Gasteiger partial charge < -0.3 is 24.8 Å². The molecule has 0 fully saturated rings. The van der Waals surface area contributed by atoms with Crippen LogP contribution in [0.5, 0.6) is 0 Å². The third-order valence-corrected chi connectivity index (χ3v) is 6.69. The van der Waals surface area contributed by atoms with E-state index in [-0.39, 0.29) is 25.6 Å². The molecule has 0 heterocycles. The standard InChI is InChI=1S/C35H60O7/c1-4-5-6-7-11-16-22-31(36)23-17-13-14-18-24-32(37)25-20-27-35(40)42-29-33(38)28-41-34(39)26-19-12-9-8-10-15-21-30(2)3/h11,13-14,16-18,23-24,30-33,36-38H,4-10,12,15,19-22,25-29H2,1-3H3/b14-13+,16-11-,23-17+,24-18-/t31-,32-,33+/m1/s1. The molecule has 0 aliphatic heterocycles. The molecule has 0 aromatic carbocycles. The molecule has 242 valence electrons. The van der Waals surface area contributed by atoms with Crippen LogP contribution in [0.15, 0.2) is 48.6 Å². The SMILES string of the molecule is CCCCC/C=C\C[C@@H](O)/C=C/C=C/C=C\[C@@H](O)CCCC(=O)OC[C@@H](O)COC(=O)CCCCCCCCC(C)C. The Kier molecular flexibility index (Phi) is 27.4. The maximum atomic E-state index is 11.9. The third-order valence-electron chi connectivity index (χ3n) is 6.69. The lowest BCUT2D eigenvalue weighted by Gasteiger charge is -2.12. The van der Waals surface area contributed by atoms with E-state index in [1.165, 1.54) is 44.9 Å². The van der Waals surface area contributed by atoms with Crippen LogP contribution in [-0.2, 0) is 19.1 Å². The fourth-order valence-electron chi connectivity index (χ4n) is 4.11. The monoisotopic (exact) mass is 592 g/mol. The molecule has 0 spiro atoms. The van der Waals surface area contributed by atoms with Gasteiger partial charge >= 0.3 is 11.9 Å². The van der Waals surface area contributed by atoms with Gasteiger partial charge in [0.2, 0.25) is 0 Å². The molecule has 42 heavy (non-hydrogen) atoms. The molecule has 0 radical (unpaired) electrons. The van der Waals surface area contributed by atoms with Crippen molar-refractivity contribution in [1.82, 2.24) is 0 Å². The minimum absolute atomic E-state index is 0.123. The van der Waals surface area contributed by atoms with Crippen LogP contribution in [-0.4, -0.2) is 58.8 Å². The molecule has 3 N–H and O–H groups in total. The van der Waals surface area contributed by atoms with Gasteiger partial charge in [-0.1, -0.05) is 121 Å². The first-order valence-corrected chi connectivity index (χ1v) is 16.3. The van der Waals surface area contributed by atoms with Crippen molar-refractivity contribution in [3.05, 3.63) is 48.6 Å². The number of rotatable bonds is 27. The lowest BCUT2D eigenvalue weighted by Crippen LogP contribution is -2.25. The van der Waals surface area contributed by atoms with Gasteiger partial charge in [-0.05, 0) is 44.4 Å². The van der Waals surface area contributed by atoms with Gasteiger partial charge in [-0.2, -0.15) is 0 Å². The average Bonchev–Trinajstić information content (AvgIpc) is 2.95. The van der Waals surface area contributed by atoms with Crippen LogP contribution in [0.3, 0.4) is 0 Å². The van der Waals surface area contributed by atoms with E-state index in [0.717, 1.165) is 31.6 Å². The van der Waals surface area contributed by atoms with Gasteiger partial charge in [-0.15, -0.1) is 0 Å². The first kappa shape index (κ1) is 39.8. The van der Waals surface area contributed by atoms with Crippen molar-refractivity contribution < 1.29 is 34.4 Å². The Morgan fingerprint density at radius 1 is 0.643 bits per heavy atom. The van der Waals surface area contributed by atoms with Gasteiger partial charge in [-0.3, -0.25) is 9.59 Å². The van der Waals surface area contributed by atoms with Gasteiger partial charge in [0.25, 0.3) is 0 Å². The maximum Gasteiger partial charge on any atom is 0.305 e. The van der Waals surface area contributed by atoms with E-state index < -0.39 is 24.3 Å². The van der Waals surface area contributed by atoms with E-state index in [1.807, 2.05) is 6.08 Å². The van der Waals surface area contributed by atoms with Crippen LogP contribution in [0, 0.1) is 5.92 Å². The van der Waals surface area contributed by atoms with E-state index in [4.69, 9.17) is 9.47 Å². The Bertz CT molecular complexity index is 769. The zero-order chi connectivity index (χ0) is 31.3. The van der Waals surface area contributed by atoms with Crippen molar-refractivity contribution in [2.24, 2.45) is 5.92 Å². The molecule has 0 saturated heterocycles. The molecule has 7 nitrogen and oxygen atoms in total. The van der Waals surface area contributed by atoms with Crippen LogP contribution in [0.25, 0.3) is 0 Å². The second-order valence-electron chi connectivity index (χ2n) is 11.5. The minimum Gasteiger partial charge on any atom is -0.463 e. The minimum atomic E-state index is -1.05. The zero-order valence-electron chi connectivity index (χ0n) is 26.6. The van der Waals surface area contributed by atoms with Crippen molar-refractivity contribution in [1.29, 1.82) is 0 Å². The summed E-state index contributed by atoms with van der Waals surface area (Å²) in [6, 6.07) is 0. The molecule has 0 amide bonds. The number of unbranched alkanes of at least 4 members (excludes halogenated alkanes) is 8. The molecule has 0 aromatic heterocycles. The van der Waals surface area contributed by atoms with E-state index in [0.29, 0.717) is 25.7 Å². The van der Waals surface area contributed by atoms with Gasteiger partial charge in [-0.25, -0.2) is 0 Å². The largest absolute Gasteiger partial charge is 0.463 e. The van der Waals surface area contributed by atoms with E-state index in [2.05, 4.69) is 26.8 Å². The lowest BCUT2D eigenvalue weighted by atomic mass is 10.0. The Morgan fingerprint density at radius 2 is 1.21 bits per heavy atom. The number of ether oxygens (including phenoxy) is 2. The van der Waals surface area contributed by atoms with E-state index >= 15 is 0 Å². The molecule has 7 heteroatoms. The van der Waals surface area contributed by atoms with Crippen molar-refractivity contribution in [2.75, 3.05) is 13.2 Å². The van der Waals surface area contributed by atoms with Crippen LogP contribution < -0.4 is 0 Å². The summed E-state index contributed by atoms with van der Waals surface area (Å²) in [5.41, 5.74) is 0. The highest BCUT2D eigenvalue weighted by Gasteiger charge is 2.12. The number of esters is 2. The summed E-state index contributed by atoms with van der Waals surface area (Å²) in [4.78, 5) is 23.7. The molecule has 0 aliphatic carbocycles. The summed E-state index contributed by atoms with van der Waals surface area (Å²) in [5.74, 6) is -0.0521. The Morgan fingerprint density at radius 3 is 1.83 bits per heavy atom. The molecule has 0 rings (SSSR count). The van der Waals surface area contributed by atoms with Crippen molar-refractivity contribution in [3.63, 3.8) is 0 Å². The molecule has 0 aliphatic rings. The number of carbonyl (C=O) groups is 2. The smallest absolute Gasteiger partial charge is 0.305 e. The molecular formula is C35H60O7. The lowest BCUT2D eigenvalue weighted by molar-refractivity contribution is -0.152. The van der Waals surface area contributed by atoms with Gasteiger partial charge in [0.15, 0.2) is 0 Å². The molecule has 0 bridgehead atoms. The van der Waals surface area contributed by atoms with Crippen LogP contribution in [0.1, 0.15) is 124 Å². The number of carbonyl (C=O) groups excluding carboxylic acids is 2. The Labute approximate surface area is 255 Å². The summed E-state index contributed by atoms with van der Waals surface area (Å²) < 4.78 is 10.1. The highest BCUT2D eigenvalue weighted by atomic mass is 16.6. The average molecular weight is 593 g/mol. The number of hydrogen-bond acceptors (Lipinski definition) is 7. The Balaban J connectivity index is 3.82. The van der Waals surface area contributed by atoms with Crippen molar-refractivity contribution in [2.45, 2.75) is 142 Å². The predicted octanol–water partition coefficient (Wildman–Crippen LogP) is 7.30. The predicted molar refractivity (Wildman–Crippen MR) is 171 cm³/mol. The normalized spacial score (nSPS) is 14.5. The second-order valence-corrected chi connectivity index (χ2v) is 11.5. The van der Waals surface area contributed by atoms with Crippen LogP contribution in [0.4, 0.5) is 0 Å². The molecule has 3 atom stereocenters. The number of allylic oxidation sites excluding steroid dienone is 5. The summed E-state index contributed by atoms with van der Waals surface area (Å²) in [7, 11) is 0. The summed E-state index contributed by atoms with van der Waals surface area (Å²) >= 11 is 0. The molecule has 0 saturated carbocycles.